The molecule has 0 atom stereocenters. The molecule has 0 saturated heterocycles. The van der Waals surface area contributed by atoms with Gasteiger partial charge in [-0.25, -0.2) is 4.98 Å². The van der Waals surface area contributed by atoms with Gasteiger partial charge in [0.25, 0.3) is 5.56 Å². The zero-order valence-corrected chi connectivity index (χ0v) is 18.4. The number of rotatable bonds is 5. The normalized spacial score (nSPS) is 11.2. The van der Waals surface area contributed by atoms with Crippen LogP contribution in [0.15, 0.2) is 76.9 Å². The number of aromatic amines is 1. The summed E-state index contributed by atoms with van der Waals surface area (Å²) >= 11 is 1.48. The standard InChI is InChI=1S/C24H20N6OS/c1-15-7-3-4-11-19(15)30-22(17-9-6-12-25-13-17)28-29-24(30)32-14-20-26-21-16(2)8-5-10-18(21)23(31)27-20/h3-13H,14H2,1-2H3,(H,26,27,31). The number of benzene rings is 2. The first kappa shape index (κ1) is 20.1. The van der Waals surface area contributed by atoms with Crippen LogP contribution < -0.4 is 5.56 Å². The number of H-pyrrole nitrogens is 1. The molecular formula is C24H20N6OS. The van der Waals surface area contributed by atoms with Crippen LogP contribution in [-0.2, 0) is 5.75 Å². The fraction of sp³-hybridized carbons (Fsp3) is 0.125. The van der Waals surface area contributed by atoms with Crippen LogP contribution in [0.3, 0.4) is 0 Å². The zero-order chi connectivity index (χ0) is 22.1. The maximum Gasteiger partial charge on any atom is 0.258 e. The zero-order valence-electron chi connectivity index (χ0n) is 17.6. The molecule has 0 aliphatic carbocycles. The molecule has 3 aromatic heterocycles. The van der Waals surface area contributed by atoms with E-state index in [1.54, 1.807) is 18.5 Å². The van der Waals surface area contributed by atoms with Crippen molar-refractivity contribution in [2.45, 2.75) is 24.8 Å². The Kier molecular flexibility index (Phi) is 5.28. The summed E-state index contributed by atoms with van der Waals surface area (Å²) in [6.07, 6.45) is 3.51. The van der Waals surface area contributed by atoms with E-state index >= 15 is 0 Å². The highest BCUT2D eigenvalue weighted by Gasteiger charge is 2.18. The first-order valence-corrected chi connectivity index (χ1v) is 11.1. The van der Waals surface area contributed by atoms with Gasteiger partial charge in [0.05, 0.1) is 22.3 Å². The van der Waals surface area contributed by atoms with Gasteiger partial charge in [0, 0.05) is 18.0 Å². The molecule has 0 radical (unpaired) electrons. The summed E-state index contributed by atoms with van der Waals surface area (Å²) in [5, 5.41) is 10.2. The first-order chi connectivity index (χ1) is 15.6. The molecule has 8 heteroatoms. The molecule has 0 saturated carbocycles. The van der Waals surface area contributed by atoms with Crippen LogP contribution in [0.1, 0.15) is 17.0 Å². The van der Waals surface area contributed by atoms with Gasteiger partial charge < -0.3 is 4.98 Å². The van der Waals surface area contributed by atoms with Gasteiger partial charge in [0.15, 0.2) is 11.0 Å². The van der Waals surface area contributed by atoms with E-state index in [-0.39, 0.29) is 5.56 Å². The monoisotopic (exact) mass is 440 g/mol. The Labute approximate surface area is 188 Å². The number of nitrogens with one attached hydrogen (secondary N) is 1. The van der Waals surface area contributed by atoms with E-state index in [1.165, 1.54) is 11.8 Å². The highest BCUT2D eigenvalue weighted by Crippen LogP contribution is 2.30. The molecule has 1 N–H and O–H groups in total. The SMILES string of the molecule is Cc1ccccc1-n1c(SCc2nc3c(C)cccc3c(=O)[nH]2)nnc1-c1cccnc1. The van der Waals surface area contributed by atoms with Crippen molar-refractivity contribution in [1.29, 1.82) is 0 Å². The summed E-state index contributed by atoms with van der Waals surface area (Å²) in [5.74, 6) is 1.77. The van der Waals surface area contributed by atoms with E-state index in [0.717, 1.165) is 27.9 Å². The molecule has 0 aliphatic rings. The molecule has 2 aromatic carbocycles. The van der Waals surface area contributed by atoms with E-state index in [1.807, 2.05) is 54.0 Å². The lowest BCUT2D eigenvalue weighted by molar-refractivity contribution is 0.877. The molecule has 3 heterocycles. The van der Waals surface area contributed by atoms with E-state index in [0.29, 0.717) is 27.9 Å². The van der Waals surface area contributed by atoms with Gasteiger partial charge in [0.1, 0.15) is 5.82 Å². The van der Waals surface area contributed by atoms with Gasteiger partial charge in [-0.05, 0) is 49.2 Å². The number of thioether (sulfide) groups is 1. The Hall–Kier alpha value is -3.78. The molecular weight excluding hydrogens is 420 g/mol. The van der Waals surface area contributed by atoms with E-state index in [2.05, 4.69) is 33.2 Å². The smallest absolute Gasteiger partial charge is 0.258 e. The van der Waals surface area contributed by atoms with Crippen LogP contribution in [-0.4, -0.2) is 29.7 Å². The number of hydrogen-bond acceptors (Lipinski definition) is 6. The highest BCUT2D eigenvalue weighted by atomic mass is 32.2. The lowest BCUT2D eigenvalue weighted by atomic mass is 10.1. The molecule has 0 amide bonds. The second-order valence-electron chi connectivity index (χ2n) is 7.44. The maximum atomic E-state index is 12.5. The third-order valence-electron chi connectivity index (χ3n) is 5.23. The number of aromatic nitrogens is 6. The molecule has 158 valence electrons. The van der Waals surface area contributed by atoms with Crippen molar-refractivity contribution in [2.75, 3.05) is 0 Å². The Balaban J connectivity index is 1.56. The predicted molar refractivity (Wildman–Crippen MR) is 126 cm³/mol. The van der Waals surface area contributed by atoms with Gasteiger partial charge in [-0.2, -0.15) is 0 Å². The predicted octanol–water partition coefficient (Wildman–Crippen LogP) is 4.47. The lowest BCUT2D eigenvalue weighted by Crippen LogP contribution is -2.12. The minimum Gasteiger partial charge on any atom is -0.309 e. The Morgan fingerprint density at radius 1 is 0.969 bits per heavy atom. The Morgan fingerprint density at radius 2 is 1.81 bits per heavy atom. The van der Waals surface area contributed by atoms with Gasteiger partial charge in [-0.15, -0.1) is 10.2 Å². The molecule has 0 bridgehead atoms. The fourth-order valence-corrected chi connectivity index (χ4v) is 4.45. The van der Waals surface area contributed by atoms with Crippen molar-refractivity contribution in [3.8, 4) is 17.1 Å². The van der Waals surface area contributed by atoms with Crippen LogP contribution >= 0.6 is 11.8 Å². The minimum absolute atomic E-state index is 0.134. The lowest BCUT2D eigenvalue weighted by Gasteiger charge is -2.12. The van der Waals surface area contributed by atoms with Crippen molar-refractivity contribution < 1.29 is 0 Å². The minimum atomic E-state index is -0.134. The second-order valence-corrected chi connectivity index (χ2v) is 8.38. The van der Waals surface area contributed by atoms with E-state index in [4.69, 9.17) is 4.98 Å². The highest BCUT2D eigenvalue weighted by molar-refractivity contribution is 7.98. The van der Waals surface area contributed by atoms with Gasteiger partial charge in [-0.1, -0.05) is 42.1 Å². The number of aryl methyl sites for hydroxylation is 2. The van der Waals surface area contributed by atoms with E-state index < -0.39 is 0 Å². The topological polar surface area (TPSA) is 89.4 Å². The Bertz CT molecular complexity index is 1480. The molecule has 5 rings (SSSR count). The van der Waals surface area contributed by atoms with E-state index in [9.17, 15) is 4.79 Å². The van der Waals surface area contributed by atoms with Crippen LogP contribution in [0, 0.1) is 13.8 Å². The molecule has 0 aliphatic heterocycles. The average Bonchev–Trinajstić information content (AvgIpc) is 3.23. The van der Waals surface area contributed by atoms with Crippen molar-refractivity contribution in [3.05, 3.63) is 94.3 Å². The van der Waals surface area contributed by atoms with Gasteiger partial charge >= 0.3 is 0 Å². The summed E-state index contributed by atoms with van der Waals surface area (Å²) < 4.78 is 2.03. The number of hydrogen-bond donors (Lipinski definition) is 1. The quantitative estimate of drug-likeness (QED) is 0.406. The molecule has 0 unspecified atom stereocenters. The molecule has 0 fully saturated rings. The summed E-state index contributed by atoms with van der Waals surface area (Å²) in [4.78, 5) is 24.4. The van der Waals surface area contributed by atoms with Crippen LogP contribution in [0.2, 0.25) is 0 Å². The van der Waals surface area contributed by atoms with Crippen LogP contribution in [0.25, 0.3) is 28.0 Å². The summed E-state index contributed by atoms with van der Waals surface area (Å²) in [6, 6.07) is 17.6. The number of para-hydroxylation sites is 2. The molecule has 32 heavy (non-hydrogen) atoms. The molecule has 7 nitrogen and oxygen atoms in total. The van der Waals surface area contributed by atoms with Gasteiger partial charge in [0.2, 0.25) is 0 Å². The fourth-order valence-electron chi connectivity index (χ4n) is 3.63. The van der Waals surface area contributed by atoms with Crippen LogP contribution in [0.4, 0.5) is 0 Å². The summed E-state index contributed by atoms with van der Waals surface area (Å²) in [6.45, 7) is 4.02. The van der Waals surface area contributed by atoms with Gasteiger partial charge in [-0.3, -0.25) is 14.3 Å². The van der Waals surface area contributed by atoms with Crippen molar-refractivity contribution in [1.82, 2.24) is 29.7 Å². The Morgan fingerprint density at radius 3 is 2.62 bits per heavy atom. The van der Waals surface area contributed by atoms with Crippen molar-refractivity contribution in [3.63, 3.8) is 0 Å². The summed E-state index contributed by atoms with van der Waals surface area (Å²) in [7, 11) is 0. The van der Waals surface area contributed by atoms with Crippen LogP contribution in [0.5, 0.6) is 0 Å². The third-order valence-corrected chi connectivity index (χ3v) is 6.17. The first-order valence-electron chi connectivity index (χ1n) is 10.1. The maximum absolute atomic E-state index is 12.5. The molecule has 0 spiro atoms. The van der Waals surface area contributed by atoms with Crippen molar-refractivity contribution >= 4 is 22.7 Å². The second kappa shape index (κ2) is 8.39. The summed E-state index contributed by atoms with van der Waals surface area (Å²) in [5.41, 5.74) is 4.54. The largest absolute Gasteiger partial charge is 0.309 e. The third kappa shape index (κ3) is 3.69. The number of pyridine rings is 1. The number of fused-ring (bicyclic) bond motifs is 1. The molecule has 5 aromatic rings. The average molecular weight is 441 g/mol. The van der Waals surface area contributed by atoms with Crippen molar-refractivity contribution in [2.24, 2.45) is 0 Å². The number of nitrogens with zero attached hydrogens (tertiary/aromatic N) is 5.